The van der Waals surface area contributed by atoms with Crippen molar-refractivity contribution in [1.29, 1.82) is 0 Å². The third-order valence-electron chi connectivity index (χ3n) is 4.72. The normalized spacial score (nSPS) is 12.1. The Kier molecular flexibility index (Phi) is 7.09. The van der Waals surface area contributed by atoms with E-state index in [-0.39, 0.29) is 17.1 Å². The second-order valence-electron chi connectivity index (χ2n) is 7.29. The van der Waals surface area contributed by atoms with Gasteiger partial charge in [-0.3, -0.25) is 9.59 Å². The minimum atomic E-state index is -0.133. The van der Waals surface area contributed by atoms with Crippen LogP contribution in [0.15, 0.2) is 42.5 Å². The summed E-state index contributed by atoms with van der Waals surface area (Å²) in [7, 11) is 0. The molecule has 1 heterocycles. The Hall–Kier alpha value is -2.60. The molecule has 5 nitrogen and oxygen atoms in total. The summed E-state index contributed by atoms with van der Waals surface area (Å²) >= 11 is 1.24. The van der Waals surface area contributed by atoms with Gasteiger partial charge in [-0.15, -0.1) is 0 Å². The SMILES string of the molecule is CCCc1nc2c(C)cc(C(=O)N[C@@H](CSC(C)=O)Cc3ccccc3)cc2[nH]1. The van der Waals surface area contributed by atoms with Crippen LogP contribution in [0, 0.1) is 6.92 Å². The number of thioether (sulfide) groups is 1. The van der Waals surface area contributed by atoms with Gasteiger partial charge in [0.2, 0.25) is 0 Å². The van der Waals surface area contributed by atoms with Crippen LogP contribution in [0.4, 0.5) is 0 Å². The monoisotopic (exact) mass is 409 g/mol. The van der Waals surface area contributed by atoms with Gasteiger partial charge in [-0.2, -0.15) is 0 Å². The highest BCUT2D eigenvalue weighted by Crippen LogP contribution is 2.20. The minimum Gasteiger partial charge on any atom is -0.348 e. The van der Waals surface area contributed by atoms with E-state index in [1.807, 2.05) is 49.4 Å². The summed E-state index contributed by atoms with van der Waals surface area (Å²) in [4.78, 5) is 32.4. The molecule has 1 atom stereocenters. The zero-order valence-electron chi connectivity index (χ0n) is 17.1. The molecule has 0 aliphatic rings. The minimum absolute atomic E-state index is 0.0514. The number of imidazole rings is 1. The summed E-state index contributed by atoms with van der Waals surface area (Å²) in [6.07, 6.45) is 2.58. The van der Waals surface area contributed by atoms with Crippen LogP contribution in [-0.4, -0.2) is 32.8 Å². The van der Waals surface area contributed by atoms with Gasteiger partial charge >= 0.3 is 0 Å². The maximum atomic E-state index is 13.0. The van der Waals surface area contributed by atoms with Gasteiger partial charge in [-0.05, 0) is 43.0 Å². The number of rotatable bonds is 8. The average Bonchev–Trinajstić information content (AvgIpc) is 3.10. The summed E-state index contributed by atoms with van der Waals surface area (Å²) in [5.41, 5.74) is 4.51. The van der Waals surface area contributed by atoms with Crippen molar-refractivity contribution in [2.75, 3.05) is 5.75 Å². The van der Waals surface area contributed by atoms with Crippen LogP contribution in [0.25, 0.3) is 11.0 Å². The molecule has 152 valence electrons. The maximum Gasteiger partial charge on any atom is 0.251 e. The van der Waals surface area contributed by atoms with E-state index in [0.717, 1.165) is 40.8 Å². The number of nitrogens with one attached hydrogen (secondary N) is 2. The van der Waals surface area contributed by atoms with Crippen molar-refractivity contribution in [3.05, 3.63) is 65.0 Å². The molecule has 2 aromatic carbocycles. The fourth-order valence-corrected chi connectivity index (χ4v) is 4.00. The Morgan fingerprint density at radius 3 is 2.66 bits per heavy atom. The van der Waals surface area contributed by atoms with Gasteiger partial charge in [0.15, 0.2) is 5.12 Å². The number of amides is 1. The summed E-state index contributed by atoms with van der Waals surface area (Å²) in [5, 5.41) is 3.17. The van der Waals surface area contributed by atoms with E-state index in [9.17, 15) is 9.59 Å². The highest BCUT2D eigenvalue weighted by atomic mass is 32.2. The highest BCUT2D eigenvalue weighted by Gasteiger charge is 2.17. The number of carbonyl (C=O) groups is 2. The molecule has 0 spiro atoms. The molecule has 1 aromatic heterocycles. The first-order chi connectivity index (χ1) is 14.0. The number of hydrogen-bond acceptors (Lipinski definition) is 4. The Labute approximate surface area is 175 Å². The molecule has 0 unspecified atom stereocenters. The molecule has 0 aliphatic carbocycles. The van der Waals surface area contributed by atoms with E-state index in [1.165, 1.54) is 11.8 Å². The van der Waals surface area contributed by atoms with Crippen LogP contribution in [0.3, 0.4) is 0 Å². The molecule has 2 N–H and O–H groups in total. The molecule has 0 saturated heterocycles. The van der Waals surface area contributed by atoms with E-state index >= 15 is 0 Å². The molecular formula is C23H27N3O2S. The zero-order valence-corrected chi connectivity index (χ0v) is 17.9. The molecule has 1 amide bonds. The molecular weight excluding hydrogens is 382 g/mol. The fourth-order valence-electron chi connectivity index (χ4n) is 3.36. The number of aromatic amines is 1. The number of benzene rings is 2. The summed E-state index contributed by atoms with van der Waals surface area (Å²) < 4.78 is 0. The van der Waals surface area contributed by atoms with E-state index in [4.69, 9.17) is 0 Å². The topological polar surface area (TPSA) is 74.8 Å². The van der Waals surface area contributed by atoms with Crippen molar-refractivity contribution in [2.24, 2.45) is 0 Å². The molecule has 0 fully saturated rings. The quantitative estimate of drug-likeness (QED) is 0.577. The predicted molar refractivity (Wildman–Crippen MR) is 119 cm³/mol. The van der Waals surface area contributed by atoms with Crippen LogP contribution in [0.5, 0.6) is 0 Å². The van der Waals surface area contributed by atoms with E-state index < -0.39 is 0 Å². The van der Waals surface area contributed by atoms with Gasteiger partial charge in [0.1, 0.15) is 5.82 Å². The molecule has 3 rings (SSSR count). The predicted octanol–water partition coefficient (Wildman–Crippen LogP) is 4.44. The van der Waals surface area contributed by atoms with Crippen molar-refractivity contribution in [3.63, 3.8) is 0 Å². The number of H-pyrrole nitrogens is 1. The third-order valence-corrected chi connectivity index (χ3v) is 5.70. The number of hydrogen-bond donors (Lipinski definition) is 2. The zero-order chi connectivity index (χ0) is 20.8. The number of aryl methyl sites for hydroxylation is 2. The van der Waals surface area contributed by atoms with Crippen LogP contribution < -0.4 is 5.32 Å². The maximum absolute atomic E-state index is 13.0. The lowest BCUT2D eigenvalue weighted by Crippen LogP contribution is -2.38. The van der Waals surface area contributed by atoms with Crippen molar-refractivity contribution in [3.8, 4) is 0 Å². The lowest BCUT2D eigenvalue weighted by Gasteiger charge is -2.18. The van der Waals surface area contributed by atoms with Crippen molar-refractivity contribution in [1.82, 2.24) is 15.3 Å². The average molecular weight is 410 g/mol. The van der Waals surface area contributed by atoms with Crippen molar-refractivity contribution < 1.29 is 9.59 Å². The van der Waals surface area contributed by atoms with Crippen LogP contribution >= 0.6 is 11.8 Å². The van der Waals surface area contributed by atoms with E-state index in [2.05, 4.69) is 22.2 Å². The van der Waals surface area contributed by atoms with Gasteiger partial charge in [0.25, 0.3) is 5.91 Å². The highest BCUT2D eigenvalue weighted by molar-refractivity contribution is 8.13. The second kappa shape index (κ2) is 9.74. The van der Waals surface area contributed by atoms with E-state index in [0.29, 0.717) is 17.7 Å². The van der Waals surface area contributed by atoms with Gasteiger partial charge < -0.3 is 10.3 Å². The van der Waals surface area contributed by atoms with Crippen LogP contribution in [-0.2, 0) is 17.6 Å². The lowest BCUT2D eigenvalue weighted by atomic mass is 10.1. The number of aromatic nitrogens is 2. The first-order valence-electron chi connectivity index (χ1n) is 9.93. The van der Waals surface area contributed by atoms with Crippen LogP contribution in [0.2, 0.25) is 0 Å². The first kappa shape index (κ1) is 21.1. The number of nitrogens with zero attached hydrogens (tertiary/aromatic N) is 1. The van der Waals surface area contributed by atoms with Gasteiger partial charge in [-0.1, -0.05) is 49.0 Å². The Morgan fingerprint density at radius 1 is 1.21 bits per heavy atom. The van der Waals surface area contributed by atoms with Gasteiger partial charge in [-0.25, -0.2) is 4.98 Å². The van der Waals surface area contributed by atoms with Gasteiger partial charge in [0, 0.05) is 30.7 Å². The first-order valence-corrected chi connectivity index (χ1v) is 10.9. The van der Waals surface area contributed by atoms with Gasteiger partial charge in [0.05, 0.1) is 11.0 Å². The Morgan fingerprint density at radius 2 is 1.97 bits per heavy atom. The van der Waals surface area contributed by atoms with E-state index in [1.54, 1.807) is 6.92 Å². The standard InChI is InChI=1S/C23H27N3O2S/c1-4-8-21-25-20-13-18(11-15(2)22(20)26-21)23(28)24-19(14-29-16(3)27)12-17-9-6-5-7-10-17/h5-7,9-11,13,19H,4,8,12,14H2,1-3H3,(H,24,28)(H,25,26)/t19-/m1/s1. The third kappa shape index (κ3) is 5.70. The molecule has 0 radical (unpaired) electrons. The largest absolute Gasteiger partial charge is 0.348 e. The summed E-state index contributed by atoms with van der Waals surface area (Å²) in [6.45, 7) is 5.64. The Bertz CT molecular complexity index is 998. The van der Waals surface area contributed by atoms with Crippen molar-refractivity contribution in [2.45, 2.75) is 46.1 Å². The summed E-state index contributed by atoms with van der Waals surface area (Å²) in [6, 6.07) is 13.6. The molecule has 29 heavy (non-hydrogen) atoms. The lowest BCUT2D eigenvalue weighted by molar-refractivity contribution is -0.109. The summed E-state index contributed by atoms with van der Waals surface area (Å²) in [5.74, 6) is 1.36. The number of fused-ring (bicyclic) bond motifs is 1. The number of carbonyl (C=O) groups excluding carboxylic acids is 2. The fraction of sp³-hybridized carbons (Fsp3) is 0.348. The molecule has 0 bridgehead atoms. The second-order valence-corrected chi connectivity index (χ2v) is 8.48. The molecule has 6 heteroatoms. The van der Waals surface area contributed by atoms with Crippen LogP contribution in [0.1, 0.15) is 47.6 Å². The smallest absolute Gasteiger partial charge is 0.251 e. The Balaban J connectivity index is 1.79. The van der Waals surface area contributed by atoms with Crippen molar-refractivity contribution >= 4 is 33.8 Å². The molecule has 3 aromatic rings. The molecule has 0 aliphatic heterocycles. The molecule has 0 saturated carbocycles.